The smallest absolute Gasteiger partial charge is 0.273 e. The molecule has 0 fully saturated rings. The molecule has 0 aliphatic heterocycles. The Labute approximate surface area is 165 Å². The summed E-state index contributed by atoms with van der Waals surface area (Å²) >= 11 is 5.98. The van der Waals surface area contributed by atoms with Gasteiger partial charge in [0.25, 0.3) is 11.8 Å². The number of benzene rings is 2. The number of carbonyl (C=O) groups excluding carboxylic acids is 2. The highest BCUT2D eigenvalue weighted by atomic mass is 35.5. The molecule has 0 atom stereocenters. The van der Waals surface area contributed by atoms with Crippen molar-refractivity contribution in [3.8, 4) is 0 Å². The van der Waals surface area contributed by atoms with E-state index >= 15 is 0 Å². The number of hydrogen-bond acceptors (Lipinski definition) is 4. The van der Waals surface area contributed by atoms with E-state index in [-0.39, 0.29) is 11.3 Å². The van der Waals surface area contributed by atoms with Crippen molar-refractivity contribution in [1.29, 1.82) is 0 Å². The van der Waals surface area contributed by atoms with Gasteiger partial charge in [0.1, 0.15) is 5.82 Å². The van der Waals surface area contributed by atoms with Gasteiger partial charge in [0, 0.05) is 17.4 Å². The second kappa shape index (κ2) is 8.88. The van der Waals surface area contributed by atoms with Crippen molar-refractivity contribution in [2.75, 3.05) is 5.32 Å². The summed E-state index contributed by atoms with van der Waals surface area (Å²) in [7, 11) is 0. The Hall–Kier alpha value is -3.58. The summed E-state index contributed by atoms with van der Waals surface area (Å²) in [6.45, 7) is 0. The second-order valence-electron chi connectivity index (χ2n) is 5.64. The fraction of sp³-hybridized carbons (Fsp3) is 0. The number of hydrazone groups is 1. The summed E-state index contributed by atoms with van der Waals surface area (Å²) in [6, 6.07) is 13.4. The molecule has 8 heteroatoms. The van der Waals surface area contributed by atoms with Gasteiger partial charge in [-0.3, -0.25) is 14.6 Å². The highest BCUT2D eigenvalue weighted by Crippen LogP contribution is 2.21. The van der Waals surface area contributed by atoms with Crippen LogP contribution in [0.5, 0.6) is 0 Å². The molecule has 2 aromatic carbocycles. The predicted octanol–water partition coefficient (Wildman–Crippen LogP) is 3.89. The molecule has 0 aliphatic rings. The van der Waals surface area contributed by atoms with Crippen molar-refractivity contribution in [1.82, 2.24) is 10.4 Å². The van der Waals surface area contributed by atoms with Crippen molar-refractivity contribution in [3.05, 3.63) is 94.5 Å². The maximum Gasteiger partial charge on any atom is 0.273 e. The zero-order chi connectivity index (χ0) is 19.9. The van der Waals surface area contributed by atoms with Gasteiger partial charge in [0.2, 0.25) is 0 Å². The molecule has 2 amide bonds. The van der Waals surface area contributed by atoms with Gasteiger partial charge in [-0.2, -0.15) is 5.10 Å². The summed E-state index contributed by atoms with van der Waals surface area (Å²) < 4.78 is 13.2. The summed E-state index contributed by atoms with van der Waals surface area (Å²) in [5.74, 6) is -1.42. The molecule has 0 unspecified atom stereocenters. The van der Waals surface area contributed by atoms with Crippen LogP contribution in [0.3, 0.4) is 0 Å². The minimum atomic E-state index is -0.586. The number of nitrogens with one attached hydrogen (secondary N) is 2. The lowest BCUT2D eigenvalue weighted by molar-refractivity contribution is 0.0956. The molecule has 0 aliphatic carbocycles. The first-order valence-corrected chi connectivity index (χ1v) is 8.50. The van der Waals surface area contributed by atoms with E-state index in [1.165, 1.54) is 42.7 Å². The average molecular weight is 397 g/mol. The van der Waals surface area contributed by atoms with Gasteiger partial charge in [-0.1, -0.05) is 23.7 Å². The van der Waals surface area contributed by atoms with Crippen molar-refractivity contribution in [3.63, 3.8) is 0 Å². The topological polar surface area (TPSA) is 83.5 Å². The number of hydrogen-bond donors (Lipinski definition) is 2. The van der Waals surface area contributed by atoms with E-state index in [0.29, 0.717) is 16.1 Å². The third-order valence-electron chi connectivity index (χ3n) is 3.63. The van der Waals surface area contributed by atoms with Gasteiger partial charge < -0.3 is 5.32 Å². The van der Waals surface area contributed by atoms with Gasteiger partial charge in [0.15, 0.2) is 0 Å². The molecule has 1 aromatic heterocycles. The Morgan fingerprint density at radius 2 is 1.93 bits per heavy atom. The summed E-state index contributed by atoms with van der Waals surface area (Å²) in [5.41, 5.74) is 3.54. The third-order valence-corrected chi connectivity index (χ3v) is 3.86. The molecule has 0 saturated heterocycles. The third kappa shape index (κ3) is 4.99. The van der Waals surface area contributed by atoms with Crippen LogP contribution in [0.2, 0.25) is 5.02 Å². The van der Waals surface area contributed by atoms with E-state index in [0.717, 1.165) is 0 Å². The van der Waals surface area contributed by atoms with Crippen LogP contribution in [0.25, 0.3) is 0 Å². The monoisotopic (exact) mass is 396 g/mol. The van der Waals surface area contributed by atoms with E-state index in [2.05, 4.69) is 20.8 Å². The fourth-order valence-corrected chi connectivity index (χ4v) is 2.49. The normalized spacial score (nSPS) is 10.6. The fourth-order valence-electron chi connectivity index (χ4n) is 2.32. The predicted molar refractivity (Wildman–Crippen MR) is 105 cm³/mol. The Kier molecular flexibility index (Phi) is 6.08. The van der Waals surface area contributed by atoms with E-state index in [9.17, 15) is 14.0 Å². The Morgan fingerprint density at radius 1 is 1.07 bits per heavy atom. The molecule has 28 heavy (non-hydrogen) atoms. The molecule has 3 aromatic rings. The van der Waals surface area contributed by atoms with Gasteiger partial charge in [-0.15, -0.1) is 0 Å². The first-order chi connectivity index (χ1) is 13.5. The number of nitrogens with zero attached hydrogens (tertiary/aromatic N) is 2. The minimum Gasteiger partial charge on any atom is -0.321 e. The first kappa shape index (κ1) is 19.2. The zero-order valence-electron chi connectivity index (χ0n) is 14.4. The second-order valence-corrected chi connectivity index (χ2v) is 6.08. The number of aromatic nitrogens is 1. The van der Waals surface area contributed by atoms with E-state index in [1.807, 2.05) is 0 Å². The lowest BCUT2D eigenvalue weighted by atomic mass is 10.1. The summed E-state index contributed by atoms with van der Waals surface area (Å²) in [5, 5.41) is 6.78. The van der Waals surface area contributed by atoms with Crippen molar-refractivity contribution in [2.24, 2.45) is 5.10 Å². The molecule has 6 nitrogen and oxygen atoms in total. The van der Waals surface area contributed by atoms with Crippen LogP contribution in [-0.4, -0.2) is 23.0 Å². The Balaban J connectivity index is 1.76. The molecular weight excluding hydrogens is 383 g/mol. The molecule has 0 radical (unpaired) electrons. The molecule has 3 rings (SSSR count). The summed E-state index contributed by atoms with van der Waals surface area (Å²) in [6.07, 6.45) is 4.27. The molecule has 0 spiro atoms. The van der Waals surface area contributed by atoms with E-state index in [4.69, 9.17) is 11.6 Å². The quantitative estimate of drug-likeness (QED) is 0.507. The zero-order valence-corrected chi connectivity index (χ0v) is 15.2. The van der Waals surface area contributed by atoms with Crippen LogP contribution in [0.1, 0.15) is 26.3 Å². The highest BCUT2D eigenvalue weighted by Gasteiger charge is 2.15. The number of amides is 2. The number of pyridine rings is 1. The van der Waals surface area contributed by atoms with Crippen LogP contribution in [0.15, 0.2) is 72.1 Å². The van der Waals surface area contributed by atoms with Gasteiger partial charge in [-0.25, -0.2) is 9.82 Å². The Bertz CT molecular complexity index is 1040. The standard InChI is InChI=1S/C20H14ClFN4O2/c21-15-6-7-18(25-19(27)14-4-2-8-23-12-14)17(10-15)20(28)26-24-11-13-3-1-5-16(22)9-13/h1-12H,(H,25,27)(H,26,28). The van der Waals surface area contributed by atoms with Crippen LogP contribution in [0.4, 0.5) is 10.1 Å². The maximum atomic E-state index is 13.2. The number of carbonyl (C=O) groups is 2. The maximum absolute atomic E-state index is 13.2. The SMILES string of the molecule is O=C(Nc1ccc(Cl)cc1C(=O)NN=Cc1cccc(F)c1)c1cccnc1. The molecule has 140 valence electrons. The van der Waals surface area contributed by atoms with Crippen LogP contribution < -0.4 is 10.7 Å². The van der Waals surface area contributed by atoms with E-state index < -0.39 is 17.6 Å². The van der Waals surface area contributed by atoms with Crippen molar-refractivity contribution in [2.45, 2.75) is 0 Å². The largest absolute Gasteiger partial charge is 0.321 e. The first-order valence-electron chi connectivity index (χ1n) is 8.13. The number of anilines is 1. The van der Waals surface area contributed by atoms with Crippen molar-refractivity contribution >= 4 is 35.3 Å². The molecule has 1 heterocycles. The Morgan fingerprint density at radius 3 is 2.68 bits per heavy atom. The number of halogens is 2. The van der Waals surface area contributed by atoms with Gasteiger partial charge in [0.05, 0.1) is 23.0 Å². The highest BCUT2D eigenvalue weighted by molar-refractivity contribution is 6.31. The van der Waals surface area contributed by atoms with Crippen LogP contribution in [-0.2, 0) is 0 Å². The lowest BCUT2D eigenvalue weighted by Crippen LogP contribution is -2.21. The van der Waals surface area contributed by atoms with Crippen LogP contribution in [0, 0.1) is 5.82 Å². The molecule has 0 bridgehead atoms. The van der Waals surface area contributed by atoms with Gasteiger partial charge in [-0.05, 0) is 48.0 Å². The van der Waals surface area contributed by atoms with Gasteiger partial charge >= 0.3 is 0 Å². The molecule has 2 N–H and O–H groups in total. The van der Waals surface area contributed by atoms with E-state index in [1.54, 1.807) is 30.5 Å². The molecular formula is C20H14ClFN4O2. The van der Waals surface area contributed by atoms with Crippen LogP contribution >= 0.6 is 11.6 Å². The summed E-state index contributed by atoms with van der Waals surface area (Å²) in [4.78, 5) is 28.7. The van der Waals surface area contributed by atoms with Crippen molar-refractivity contribution < 1.29 is 14.0 Å². The lowest BCUT2D eigenvalue weighted by Gasteiger charge is -2.10. The molecule has 0 saturated carbocycles. The average Bonchev–Trinajstić information content (AvgIpc) is 2.70. The number of rotatable bonds is 5. The minimum absolute atomic E-state index is 0.126.